The number of ketones is 1. The lowest BCUT2D eigenvalue weighted by Gasteiger charge is -2.38. The Morgan fingerprint density at radius 1 is 1.03 bits per heavy atom. The van der Waals surface area contributed by atoms with Gasteiger partial charge in [0.2, 0.25) is 0 Å². The van der Waals surface area contributed by atoms with Gasteiger partial charge in [-0.1, -0.05) is 31.9 Å². The predicted molar refractivity (Wildman–Crippen MR) is 138 cm³/mol. The van der Waals surface area contributed by atoms with Crippen LogP contribution >= 0.6 is 0 Å². The molecule has 36 heavy (non-hydrogen) atoms. The smallest absolute Gasteiger partial charge is 0.337 e. The van der Waals surface area contributed by atoms with Crippen molar-refractivity contribution in [3.05, 3.63) is 52.4 Å². The van der Waals surface area contributed by atoms with E-state index in [-0.39, 0.29) is 23.8 Å². The molecular weight excluding hydrogens is 456 g/mol. The largest absolute Gasteiger partial charge is 0.468 e. The van der Waals surface area contributed by atoms with Gasteiger partial charge in [-0.2, -0.15) is 0 Å². The SMILES string of the molecule is COC(=O)[C@H]1C(=O)C2=C(C[C@H]1C)NC(C)=C(C(=O)OC1CCCCCC1)[C@@H]2c1ccc(N(C)C)cc1. The normalized spacial score (nSPS) is 25.0. The minimum Gasteiger partial charge on any atom is -0.468 e. The van der Waals surface area contributed by atoms with Crippen molar-refractivity contribution in [2.24, 2.45) is 11.8 Å². The third-order valence-corrected chi connectivity index (χ3v) is 7.78. The van der Waals surface area contributed by atoms with E-state index in [1.54, 1.807) is 0 Å². The highest BCUT2D eigenvalue weighted by Crippen LogP contribution is 2.46. The van der Waals surface area contributed by atoms with Gasteiger partial charge in [0.15, 0.2) is 5.78 Å². The van der Waals surface area contributed by atoms with Gasteiger partial charge in [-0.05, 0) is 62.6 Å². The number of Topliss-reactive ketones (excluding diaryl/α,β-unsaturated/α-hetero) is 1. The molecule has 7 nitrogen and oxygen atoms in total. The molecule has 0 bridgehead atoms. The van der Waals surface area contributed by atoms with Crippen molar-refractivity contribution in [1.29, 1.82) is 0 Å². The molecule has 1 heterocycles. The average Bonchev–Trinajstić information content (AvgIpc) is 3.11. The Morgan fingerprint density at radius 3 is 2.25 bits per heavy atom. The quantitative estimate of drug-likeness (QED) is 0.363. The lowest BCUT2D eigenvalue weighted by atomic mass is 9.69. The lowest BCUT2D eigenvalue weighted by molar-refractivity contribution is -0.151. The molecule has 0 amide bonds. The maximum atomic E-state index is 13.9. The van der Waals surface area contributed by atoms with E-state index in [0.717, 1.165) is 55.5 Å². The second kappa shape index (κ2) is 10.9. The van der Waals surface area contributed by atoms with Crippen molar-refractivity contribution >= 4 is 23.4 Å². The number of hydrogen-bond acceptors (Lipinski definition) is 7. The van der Waals surface area contributed by atoms with E-state index in [1.807, 2.05) is 57.1 Å². The van der Waals surface area contributed by atoms with Gasteiger partial charge in [-0.25, -0.2) is 4.79 Å². The zero-order valence-corrected chi connectivity index (χ0v) is 22.1. The number of benzene rings is 1. The summed E-state index contributed by atoms with van der Waals surface area (Å²) in [5.74, 6) is -2.91. The summed E-state index contributed by atoms with van der Waals surface area (Å²) in [6, 6.07) is 7.88. The molecule has 1 aliphatic heterocycles. The molecule has 7 heteroatoms. The number of nitrogens with one attached hydrogen (secondary N) is 1. The molecule has 0 saturated heterocycles. The van der Waals surface area contributed by atoms with Crippen LogP contribution in [0.4, 0.5) is 5.69 Å². The standard InChI is InChI=1S/C29H38N2O5/c1-17-16-22-26(27(32)23(17)28(33)35-5)25(19-12-14-20(15-13-19)31(3)4)24(18(2)30-22)29(34)36-21-10-8-6-7-9-11-21/h12-15,17,21,23,25,30H,6-11,16H2,1-5H3/t17-,23-,25+/m1/s1. The van der Waals surface area contributed by atoms with Crippen LogP contribution in [0.5, 0.6) is 0 Å². The first-order valence-corrected chi connectivity index (χ1v) is 13.0. The topological polar surface area (TPSA) is 84.9 Å². The maximum absolute atomic E-state index is 13.9. The van der Waals surface area contributed by atoms with Gasteiger partial charge in [0, 0.05) is 42.7 Å². The molecule has 0 unspecified atom stereocenters. The maximum Gasteiger partial charge on any atom is 0.337 e. The zero-order valence-electron chi connectivity index (χ0n) is 22.1. The summed E-state index contributed by atoms with van der Waals surface area (Å²) in [7, 11) is 5.24. The summed E-state index contributed by atoms with van der Waals surface area (Å²) < 4.78 is 11.0. The van der Waals surface area contributed by atoms with Gasteiger partial charge in [-0.3, -0.25) is 9.59 Å². The van der Waals surface area contributed by atoms with Crippen molar-refractivity contribution in [2.45, 2.75) is 70.8 Å². The van der Waals surface area contributed by atoms with Crippen LogP contribution in [0, 0.1) is 11.8 Å². The summed E-state index contributed by atoms with van der Waals surface area (Å²) in [6.07, 6.45) is 6.57. The fourth-order valence-corrected chi connectivity index (χ4v) is 5.82. The van der Waals surface area contributed by atoms with E-state index < -0.39 is 17.8 Å². The molecule has 1 saturated carbocycles. The zero-order chi connectivity index (χ0) is 26.0. The number of anilines is 1. The van der Waals surface area contributed by atoms with E-state index in [1.165, 1.54) is 7.11 Å². The van der Waals surface area contributed by atoms with E-state index in [9.17, 15) is 14.4 Å². The van der Waals surface area contributed by atoms with Gasteiger partial charge >= 0.3 is 11.9 Å². The number of ether oxygens (including phenoxy) is 2. The first-order valence-electron chi connectivity index (χ1n) is 13.0. The molecule has 3 aliphatic rings. The summed E-state index contributed by atoms with van der Waals surface area (Å²) in [5, 5.41) is 3.34. The van der Waals surface area contributed by atoms with Gasteiger partial charge < -0.3 is 19.7 Å². The second-order valence-corrected chi connectivity index (χ2v) is 10.5. The van der Waals surface area contributed by atoms with Crippen LogP contribution in [-0.4, -0.2) is 45.0 Å². The van der Waals surface area contributed by atoms with Crippen LogP contribution in [0.3, 0.4) is 0 Å². The number of carbonyl (C=O) groups excluding carboxylic acids is 3. The van der Waals surface area contributed by atoms with Crippen LogP contribution in [0.2, 0.25) is 0 Å². The van der Waals surface area contributed by atoms with E-state index >= 15 is 0 Å². The highest BCUT2D eigenvalue weighted by atomic mass is 16.5. The average molecular weight is 495 g/mol. The van der Waals surface area contributed by atoms with Crippen molar-refractivity contribution in [1.82, 2.24) is 5.32 Å². The minimum atomic E-state index is -0.892. The number of dihydropyridines is 1. The number of allylic oxidation sites excluding steroid dienone is 3. The van der Waals surface area contributed by atoms with Gasteiger partial charge in [-0.15, -0.1) is 0 Å². The lowest BCUT2D eigenvalue weighted by Crippen LogP contribution is -2.43. The summed E-state index contributed by atoms with van der Waals surface area (Å²) in [5.41, 5.74) is 4.24. The molecule has 1 N–H and O–H groups in total. The highest BCUT2D eigenvalue weighted by molar-refractivity contribution is 6.12. The third-order valence-electron chi connectivity index (χ3n) is 7.78. The van der Waals surface area contributed by atoms with Crippen molar-refractivity contribution in [3.63, 3.8) is 0 Å². The number of methoxy groups -OCH3 is 1. The molecule has 4 rings (SSSR count). The molecule has 0 spiro atoms. The Morgan fingerprint density at radius 2 is 1.67 bits per heavy atom. The third kappa shape index (κ3) is 5.06. The fraction of sp³-hybridized carbons (Fsp3) is 0.552. The van der Waals surface area contributed by atoms with E-state index in [0.29, 0.717) is 23.3 Å². The van der Waals surface area contributed by atoms with Crippen LogP contribution in [0.25, 0.3) is 0 Å². The van der Waals surface area contributed by atoms with Crippen molar-refractivity contribution in [3.8, 4) is 0 Å². The predicted octanol–water partition coefficient (Wildman–Crippen LogP) is 4.63. The molecule has 3 atom stereocenters. The minimum absolute atomic E-state index is 0.114. The number of rotatable bonds is 5. The van der Waals surface area contributed by atoms with Crippen molar-refractivity contribution < 1.29 is 23.9 Å². The number of hydrogen-bond donors (Lipinski definition) is 1. The van der Waals surface area contributed by atoms with Crippen LogP contribution in [0.15, 0.2) is 46.8 Å². The highest BCUT2D eigenvalue weighted by Gasteiger charge is 2.47. The molecule has 1 fully saturated rings. The summed E-state index contributed by atoms with van der Waals surface area (Å²) in [4.78, 5) is 42.2. The van der Waals surface area contributed by atoms with E-state index in [4.69, 9.17) is 9.47 Å². The Balaban J connectivity index is 1.77. The molecule has 0 aromatic heterocycles. The van der Waals surface area contributed by atoms with Crippen LogP contribution in [0.1, 0.15) is 70.3 Å². The van der Waals surface area contributed by atoms with E-state index in [2.05, 4.69) is 5.32 Å². The first-order chi connectivity index (χ1) is 17.2. The molecule has 2 aliphatic carbocycles. The Bertz CT molecular complexity index is 1080. The summed E-state index contributed by atoms with van der Waals surface area (Å²) >= 11 is 0. The second-order valence-electron chi connectivity index (χ2n) is 10.5. The van der Waals surface area contributed by atoms with Gasteiger partial charge in [0.1, 0.15) is 12.0 Å². The number of carbonyl (C=O) groups is 3. The molecule has 1 aromatic carbocycles. The molecule has 1 aromatic rings. The fourth-order valence-electron chi connectivity index (χ4n) is 5.82. The number of esters is 2. The van der Waals surface area contributed by atoms with Gasteiger partial charge in [0.25, 0.3) is 0 Å². The summed E-state index contributed by atoms with van der Waals surface area (Å²) in [6.45, 7) is 3.76. The first kappa shape index (κ1) is 26.0. The monoisotopic (exact) mass is 494 g/mol. The van der Waals surface area contributed by atoms with Crippen molar-refractivity contribution in [2.75, 3.05) is 26.1 Å². The Labute approximate surface area is 213 Å². The molecular formula is C29H38N2O5. The van der Waals surface area contributed by atoms with Gasteiger partial charge in [0.05, 0.1) is 12.7 Å². The van der Waals surface area contributed by atoms with Crippen LogP contribution < -0.4 is 10.2 Å². The Hall–Kier alpha value is -3.09. The van der Waals surface area contributed by atoms with Crippen LogP contribution in [-0.2, 0) is 23.9 Å². The molecule has 194 valence electrons. The number of nitrogens with zero attached hydrogens (tertiary/aromatic N) is 1. The molecule has 0 radical (unpaired) electrons. The Kier molecular flexibility index (Phi) is 7.86.